The number of halogens is 1. The van der Waals surface area contributed by atoms with Crippen LogP contribution in [0.4, 0.5) is 5.69 Å². The number of nitrogens with two attached hydrogens (primary N) is 1. The van der Waals surface area contributed by atoms with Crippen molar-refractivity contribution in [2.75, 3.05) is 5.73 Å². The first-order valence-corrected chi connectivity index (χ1v) is 7.07. The summed E-state index contributed by atoms with van der Waals surface area (Å²) in [5, 5.41) is 3.94. The lowest BCUT2D eigenvalue weighted by molar-refractivity contribution is 0.243. The van der Waals surface area contributed by atoms with Gasteiger partial charge in [0.05, 0.1) is 0 Å². The number of aromatic nitrogens is 2. The molecule has 0 spiro atoms. The number of hydrogen-bond donors (Lipinski definition) is 1. The van der Waals surface area contributed by atoms with Gasteiger partial charge in [-0.3, -0.25) is 0 Å². The van der Waals surface area contributed by atoms with E-state index < -0.39 is 0 Å². The second-order valence-corrected chi connectivity index (χ2v) is 5.29. The number of nitrogens with zero attached hydrogens (tertiary/aromatic N) is 2. The van der Waals surface area contributed by atoms with E-state index in [0.717, 1.165) is 10.0 Å². The van der Waals surface area contributed by atoms with Gasteiger partial charge in [0.15, 0.2) is 6.61 Å². The van der Waals surface area contributed by atoms with Crippen LogP contribution in [-0.2, 0) is 6.61 Å². The third-order valence-corrected chi connectivity index (χ3v) is 3.34. The fourth-order valence-corrected chi connectivity index (χ4v) is 2.00. The molecule has 0 amide bonds. The zero-order chi connectivity index (χ0) is 14.7. The molecule has 21 heavy (non-hydrogen) atoms. The van der Waals surface area contributed by atoms with Crippen molar-refractivity contribution in [2.45, 2.75) is 6.61 Å². The predicted molar refractivity (Wildman–Crippen MR) is 82.6 cm³/mol. The molecule has 1 aromatic heterocycles. The first-order valence-electron chi connectivity index (χ1n) is 6.27. The fraction of sp³-hybridized carbons (Fsp3) is 0.0667. The van der Waals surface area contributed by atoms with Crippen LogP contribution in [0.5, 0.6) is 5.75 Å². The van der Waals surface area contributed by atoms with Crippen LogP contribution >= 0.6 is 15.9 Å². The molecule has 0 bridgehead atoms. The molecule has 106 valence electrons. The lowest BCUT2D eigenvalue weighted by atomic mass is 10.2. The highest BCUT2D eigenvalue weighted by atomic mass is 79.9. The minimum absolute atomic E-state index is 0.216. The molecule has 0 saturated carbocycles. The average Bonchev–Trinajstić information content (AvgIpc) is 2.96. The highest BCUT2D eigenvalue weighted by Gasteiger charge is 2.09. The summed E-state index contributed by atoms with van der Waals surface area (Å²) in [6, 6.07) is 14.8. The topological polar surface area (TPSA) is 74.2 Å². The summed E-state index contributed by atoms with van der Waals surface area (Å²) >= 11 is 3.39. The Hall–Kier alpha value is -2.34. The van der Waals surface area contributed by atoms with Crippen LogP contribution in [0.3, 0.4) is 0 Å². The lowest BCUT2D eigenvalue weighted by Gasteiger charge is -2.02. The van der Waals surface area contributed by atoms with Crippen molar-refractivity contribution in [1.29, 1.82) is 0 Å². The number of ether oxygens (including phenoxy) is 1. The first-order chi connectivity index (χ1) is 10.2. The SMILES string of the molecule is Nc1ccc(OCc2nc(-c3ccc(Br)cc3)no2)cc1. The van der Waals surface area contributed by atoms with Gasteiger partial charge in [0.1, 0.15) is 5.75 Å². The maximum absolute atomic E-state index is 5.61. The third kappa shape index (κ3) is 3.41. The summed E-state index contributed by atoms with van der Waals surface area (Å²) in [4.78, 5) is 4.30. The fourth-order valence-electron chi connectivity index (χ4n) is 1.74. The maximum atomic E-state index is 5.61. The quantitative estimate of drug-likeness (QED) is 0.730. The van der Waals surface area contributed by atoms with Crippen LogP contribution < -0.4 is 10.5 Å². The Morgan fingerprint density at radius 1 is 1.05 bits per heavy atom. The third-order valence-electron chi connectivity index (χ3n) is 2.81. The minimum Gasteiger partial charge on any atom is -0.484 e. The largest absolute Gasteiger partial charge is 0.484 e. The van der Waals surface area contributed by atoms with Crippen molar-refractivity contribution in [1.82, 2.24) is 10.1 Å². The Morgan fingerprint density at radius 3 is 2.48 bits per heavy atom. The van der Waals surface area contributed by atoms with E-state index in [1.54, 1.807) is 24.3 Å². The van der Waals surface area contributed by atoms with Gasteiger partial charge in [-0.1, -0.05) is 21.1 Å². The zero-order valence-electron chi connectivity index (χ0n) is 11.0. The molecule has 6 heteroatoms. The maximum Gasteiger partial charge on any atom is 0.264 e. The van der Waals surface area contributed by atoms with Crippen LogP contribution in [0.15, 0.2) is 57.5 Å². The lowest BCUT2D eigenvalue weighted by Crippen LogP contribution is -1.96. The molecule has 0 aliphatic rings. The van der Waals surface area contributed by atoms with Crippen LogP contribution in [0.2, 0.25) is 0 Å². The van der Waals surface area contributed by atoms with Gasteiger partial charge in [-0.15, -0.1) is 0 Å². The molecule has 0 aliphatic heterocycles. The molecule has 0 saturated heterocycles. The van der Waals surface area contributed by atoms with Crippen molar-refractivity contribution >= 4 is 21.6 Å². The Bertz CT molecular complexity index is 723. The van der Waals surface area contributed by atoms with Crippen molar-refractivity contribution in [2.24, 2.45) is 0 Å². The molecular formula is C15H12BrN3O2. The van der Waals surface area contributed by atoms with Gasteiger partial charge >= 0.3 is 0 Å². The second-order valence-electron chi connectivity index (χ2n) is 4.38. The van der Waals surface area contributed by atoms with Gasteiger partial charge in [0.25, 0.3) is 5.89 Å². The van der Waals surface area contributed by atoms with Gasteiger partial charge in [0, 0.05) is 15.7 Å². The number of anilines is 1. The predicted octanol–water partition coefficient (Wildman–Crippen LogP) is 3.66. The van der Waals surface area contributed by atoms with E-state index in [4.69, 9.17) is 15.0 Å². The molecule has 3 aromatic rings. The average molecular weight is 346 g/mol. The summed E-state index contributed by atoms with van der Waals surface area (Å²) < 4.78 is 11.7. The summed E-state index contributed by atoms with van der Waals surface area (Å²) in [5.74, 6) is 1.66. The monoisotopic (exact) mass is 345 g/mol. The van der Waals surface area contributed by atoms with Gasteiger partial charge in [-0.25, -0.2) is 0 Å². The van der Waals surface area contributed by atoms with Gasteiger partial charge in [0.2, 0.25) is 5.82 Å². The van der Waals surface area contributed by atoms with Crippen LogP contribution in [-0.4, -0.2) is 10.1 Å². The molecule has 2 N–H and O–H groups in total. The first kappa shape index (κ1) is 13.6. The van der Waals surface area contributed by atoms with Crippen LogP contribution in [0, 0.1) is 0 Å². The molecule has 0 aliphatic carbocycles. The molecule has 5 nitrogen and oxygen atoms in total. The second kappa shape index (κ2) is 5.97. The normalized spacial score (nSPS) is 10.5. The smallest absolute Gasteiger partial charge is 0.264 e. The van der Waals surface area contributed by atoms with Gasteiger partial charge in [-0.05, 0) is 48.5 Å². The molecule has 0 fully saturated rings. The molecule has 0 atom stereocenters. The van der Waals surface area contributed by atoms with E-state index >= 15 is 0 Å². The molecule has 0 unspecified atom stereocenters. The van der Waals surface area contributed by atoms with E-state index in [9.17, 15) is 0 Å². The number of nitrogen functional groups attached to an aromatic ring is 1. The van der Waals surface area contributed by atoms with Crippen molar-refractivity contribution in [3.8, 4) is 17.1 Å². The Balaban J connectivity index is 1.67. The summed E-state index contributed by atoms with van der Waals surface area (Å²) in [6.45, 7) is 0.216. The minimum atomic E-state index is 0.216. The number of rotatable bonds is 4. The Labute approximate surface area is 129 Å². The highest BCUT2D eigenvalue weighted by molar-refractivity contribution is 9.10. The molecular weight excluding hydrogens is 334 g/mol. The van der Waals surface area contributed by atoms with E-state index in [1.807, 2.05) is 24.3 Å². The van der Waals surface area contributed by atoms with Crippen LogP contribution in [0.25, 0.3) is 11.4 Å². The molecule has 0 radical (unpaired) electrons. The van der Waals surface area contributed by atoms with Crippen molar-refractivity contribution < 1.29 is 9.26 Å². The van der Waals surface area contributed by atoms with Gasteiger partial charge in [-0.2, -0.15) is 4.98 Å². The Kier molecular flexibility index (Phi) is 3.87. The number of hydrogen-bond acceptors (Lipinski definition) is 5. The van der Waals surface area contributed by atoms with E-state index in [2.05, 4.69) is 26.1 Å². The summed E-state index contributed by atoms with van der Waals surface area (Å²) in [7, 11) is 0. The number of benzene rings is 2. The van der Waals surface area contributed by atoms with Crippen molar-refractivity contribution in [3.05, 3.63) is 58.9 Å². The van der Waals surface area contributed by atoms with Crippen LogP contribution in [0.1, 0.15) is 5.89 Å². The Morgan fingerprint density at radius 2 is 1.76 bits per heavy atom. The molecule has 2 aromatic carbocycles. The van der Waals surface area contributed by atoms with Gasteiger partial charge < -0.3 is 15.0 Å². The standard InChI is InChI=1S/C15H12BrN3O2/c16-11-3-1-10(2-4-11)15-18-14(21-19-15)9-20-13-7-5-12(17)6-8-13/h1-8H,9,17H2. The summed E-state index contributed by atoms with van der Waals surface area (Å²) in [6.07, 6.45) is 0. The molecule has 1 heterocycles. The van der Waals surface area contributed by atoms with Crippen molar-refractivity contribution in [3.63, 3.8) is 0 Å². The zero-order valence-corrected chi connectivity index (χ0v) is 12.6. The van der Waals surface area contributed by atoms with E-state index in [-0.39, 0.29) is 6.61 Å². The highest BCUT2D eigenvalue weighted by Crippen LogP contribution is 2.20. The van der Waals surface area contributed by atoms with E-state index in [0.29, 0.717) is 23.2 Å². The van der Waals surface area contributed by atoms with E-state index in [1.165, 1.54) is 0 Å². The summed E-state index contributed by atoms with van der Waals surface area (Å²) in [5.41, 5.74) is 7.19. The molecule has 3 rings (SSSR count).